The average Bonchev–Trinajstić information content (AvgIpc) is 2.97. The zero-order valence-electron chi connectivity index (χ0n) is 12.9. The van der Waals surface area contributed by atoms with Crippen LogP contribution >= 0.6 is 34.5 Å². The number of halogens is 2. The topological polar surface area (TPSA) is 42.0 Å². The van der Waals surface area contributed by atoms with E-state index < -0.39 is 0 Å². The van der Waals surface area contributed by atoms with Gasteiger partial charge in [-0.05, 0) is 36.2 Å². The van der Waals surface area contributed by atoms with Crippen LogP contribution in [-0.4, -0.2) is 17.4 Å². The maximum absolute atomic E-state index is 12.0. The van der Waals surface area contributed by atoms with Crippen molar-refractivity contribution in [3.63, 3.8) is 0 Å². The van der Waals surface area contributed by atoms with E-state index in [1.54, 1.807) is 29.5 Å². The van der Waals surface area contributed by atoms with Gasteiger partial charge >= 0.3 is 0 Å². The second-order valence-corrected chi connectivity index (χ2v) is 7.40. The monoisotopic (exact) mass is 378 g/mol. The second kappa shape index (κ2) is 7.97. The number of aromatic nitrogens is 1. The molecule has 1 heterocycles. The Morgan fingerprint density at radius 1 is 1.17 bits per heavy atom. The molecule has 0 spiro atoms. The average molecular weight is 379 g/mol. The van der Waals surface area contributed by atoms with Crippen LogP contribution in [-0.2, 0) is 17.6 Å². The van der Waals surface area contributed by atoms with Gasteiger partial charge in [-0.3, -0.25) is 4.79 Å². The number of hydrogen-bond donors (Lipinski definition) is 1. The third-order valence-electron chi connectivity index (χ3n) is 3.59. The van der Waals surface area contributed by atoms with Crippen molar-refractivity contribution in [3.8, 4) is 0 Å². The number of hydrogen-bond acceptors (Lipinski definition) is 3. The van der Waals surface area contributed by atoms with Crippen LogP contribution < -0.4 is 5.32 Å². The molecular formula is C18H16Cl2N2OS. The highest BCUT2D eigenvalue weighted by atomic mass is 35.5. The van der Waals surface area contributed by atoms with Gasteiger partial charge in [0.15, 0.2) is 0 Å². The summed E-state index contributed by atoms with van der Waals surface area (Å²) in [6.45, 7) is 0.625. The second-order valence-electron chi connectivity index (χ2n) is 5.44. The summed E-state index contributed by atoms with van der Waals surface area (Å²) in [5.74, 6) is -0.0384. The number of aryl methyl sites for hydroxylation is 1. The van der Waals surface area contributed by atoms with Gasteiger partial charge in [0.25, 0.3) is 0 Å². The van der Waals surface area contributed by atoms with Gasteiger partial charge in [0, 0.05) is 23.0 Å². The first-order valence-electron chi connectivity index (χ1n) is 7.67. The molecule has 0 atom stereocenters. The molecule has 1 amide bonds. The third-order valence-corrected chi connectivity index (χ3v) is 5.28. The number of nitrogens with zero attached hydrogens (tertiary/aromatic N) is 1. The Morgan fingerprint density at radius 3 is 2.79 bits per heavy atom. The van der Waals surface area contributed by atoms with E-state index in [0.717, 1.165) is 28.9 Å². The van der Waals surface area contributed by atoms with E-state index in [1.165, 1.54) is 4.70 Å². The summed E-state index contributed by atoms with van der Waals surface area (Å²) in [5.41, 5.74) is 1.82. The first-order valence-corrected chi connectivity index (χ1v) is 9.24. The molecule has 1 aromatic heterocycles. The molecule has 124 valence electrons. The van der Waals surface area contributed by atoms with Crippen molar-refractivity contribution in [2.75, 3.05) is 6.54 Å². The first kappa shape index (κ1) is 17.2. The number of carbonyl (C=O) groups excluding carboxylic acids is 1. The molecule has 0 radical (unpaired) electrons. The lowest BCUT2D eigenvalue weighted by Crippen LogP contribution is -2.26. The summed E-state index contributed by atoms with van der Waals surface area (Å²) in [6, 6.07) is 13.3. The van der Waals surface area contributed by atoms with E-state index in [2.05, 4.69) is 16.4 Å². The maximum atomic E-state index is 12.0. The zero-order chi connectivity index (χ0) is 16.9. The molecule has 3 nitrogen and oxygen atoms in total. The molecule has 0 aliphatic heterocycles. The fourth-order valence-electron chi connectivity index (χ4n) is 2.39. The largest absolute Gasteiger partial charge is 0.356 e. The lowest BCUT2D eigenvalue weighted by Gasteiger charge is -2.06. The Hall–Kier alpha value is -1.62. The summed E-state index contributed by atoms with van der Waals surface area (Å²) in [4.78, 5) is 16.6. The molecule has 0 aliphatic rings. The highest BCUT2D eigenvalue weighted by Gasteiger charge is 2.08. The predicted octanol–water partition coefficient (Wildman–Crippen LogP) is 4.89. The molecule has 6 heteroatoms. The summed E-state index contributed by atoms with van der Waals surface area (Å²) in [7, 11) is 0. The summed E-state index contributed by atoms with van der Waals surface area (Å²) in [6.07, 6.45) is 1.98. The van der Waals surface area contributed by atoms with Gasteiger partial charge in [-0.25, -0.2) is 4.98 Å². The Bertz CT molecular complexity index is 830. The van der Waals surface area contributed by atoms with Crippen LogP contribution in [0.4, 0.5) is 0 Å². The summed E-state index contributed by atoms with van der Waals surface area (Å²) >= 11 is 13.6. The van der Waals surface area contributed by atoms with E-state index in [9.17, 15) is 4.79 Å². The Morgan fingerprint density at radius 2 is 2.00 bits per heavy atom. The molecule has 0 unspecified atom stereocenters. The molecule has 0 bridgehead atoms. The Balaban J connectivity index is 1.45. The highest BCUT2D eigenvalue weighted by molar-refractivity contribution is 7.18. The molecule has 0 saturated carbocycles. The quantitative estimate of drug-likeness (QED) is 0.620. The number of amides is 1. The molecule has 3 rings (SSSR count). The minimum Gasteiger partial charge on any atom is -0.356 e. The van der Waals surface area contributed by atoms with Crippen molar-refractivity contribution in [1.29, 1.82) is 0 Å². The molecule has 0 saturated heterocycles. The predicted molar refractivity (Wildman–Crippen MR) is 101 cm³/mol. The van der Waals surface area contributed by atoms with Crippen molar-refractivity contribution in [3.05, 3.63) is 63.1 Å². The minimum absolute atomic E-state index is 0.0384. The van der Waals surface area contributed by atoms with Crippen LogP contribution in [0.3, 0.4) is 0 Å². The molecule has 3 aromatic rings. The first-order chi connectivity index (χ1) is 11.6. The summed E-state index contributed by atoms with van der Waals surface area (Å²) < 4.78 is 1.20. The number of rotatable bonds is 6. The van der Waals surface area contributed by atoms with Crippen LogP contribution in [0.1, 0.15) is 17.0 Å². The number of nitrogens with one attached hydrogen (secondary N) is 1. The van der Waals surface area contributed by atoms with E-state index in [-0.39, 0.29) is 12.3 Å². The van der Waals surface area contributed by atoms with Crippen molar-refractivity contribution < 1.29 is 4.79 Å². The molecule has 1 N–H and O–H groups in total. The summed E-state index contributed by atoms with van der Waals surface area (Å²) in [5, 5.41) is 5.12. The van der Waals surface area contributed by atoms with Gasteiger partial charge in [-0.15, -0.1) is 11.3 Å². The fourth-order valence-corrected chi connectivity index (χ4v) is 3.88. The van der Waals surface area contributed by atoms with Gasteiger partial charge in [-0.1, -0.05) is 41.4 Å². The number of carbonyl (C=O) groups is 1. The standard InChI is InChI=1S/C18H16Cl2N2OS/c19-13-8-7-12(14(20)11-13)10-17(23)21-9-3-6-18-22-15-4-1-2-5-16(15)24-18/h1-2,4-5,7-8,11H,3,6,9-10H2,(H,21,23). The normalized spacial score (nSPS) is 10.9. The van der Waals surface area contributed by atoms with Crippen LogP contribution in [0, 0.1) is 0 Å². The van der Waals surface area contributed by atoms with Crippen molar-refractivity contribution >= 4 is 50.7 Å². The zero-order valence-corrected chi connectivity index (χ0v) is 15.2. The number of para-hydroxylation sites is 1. The van der Waals surface area contributed by atoms with Crippen molar-refractivity contribution in [2.24, 2.45) is 0 Å². The molecule has 0 fully saturated rings. The number of fused-ring (bicyclic) bond motifs is 1. The van der Waals surface area contributed by atoms with E-state index in [1.807, 2.05) is 18.2 Å². The van der Waals surface area contributed by atoms with Crippen LogP contribution in [0.5, 0.6) is 0 Å². The third kappa shape index (κ3) is 4.47. The van der Waals surface area contributed by atoms with Gasteiger partial charge in [0.1, 0.15) is 0 Å². The smallest absolute Gasteiger partial charge is 0.224 e. The Kier molecular flexibility index (Phi) is 5.72. The van der Waals surface area contributed by atoms with Crippen LogP contribution in [0.2, 0.25) is 10.0 Å². The Labute approximate surface area is 154 Å². The van der Waals surface area contributed by atoms with E-state index in [4.69, 9.17) is 23.2 Å². The van der Waals surface area contributed by atoms with Gasteiger partial charge in [0.2, 0.25) is 5.91 Å². The van der Waals surface area contributed by atoms with E-state index >= 15 is 0 Å². The SMILES string of the molecule is O=C(Cc1ccc(Cl)cc1Cl)NCCCc1nc2ccccc2s1. The lowest BCUT2D eigenvalue weighted by molar-refractivity contribution is -0.120. The minimum atomic E-state index is -0.0384. The van der Waals surface area contributed by atoms with Crippen molar-refractivity contribution in [1.82, 2.24) is 10.3 Å². The molecule has 24 heavy (non-hydrogen) atoms. The molecule has 0 aliphatic carbocycles. The fraction of sp³-hybridized carbons (Fsp3) is 0.222. The molecular weight excluding hydrogens is 363 g/mol. The molecule has 2 aromatic carbocycles. The van der Waals surface area contributed by atoms with Gasteiger partial charge in [0.05, 0.1) is 21.6 Å². The van der Waals surface area contributed by atoms with Crippen molar-refractivity contribution in [2.45, 2.75) is 19.3 Å². The van der Waals surface area contributed by atoms with E-state index in [0.29, 0.717) is 16.6 Å². The van der Waals surface area contributed by atoms with Crippen LogP contribution in [0.25, 0.3) is 10.2 Å². The van der Waals surface area contributed by atoms with Gasteiger partial charge < -0.3 is 5.32 Å². The number of benzene rings is 2. The highest BCUT2D eigenvalue weighted by Crippen LogP contribution is 2.23. The van der Waals surface area contributed by atoms with Gasteiger partial charge in [-0.2, -0.15) is 0 Å². The van der Waals surface area contributed by atoms with Crippen LogP contribution in [0.15, 0.2) is 42.5 Å². The maximum Gasteiger partial charge on any atom is 0.224 e. The lowest BCUT2D eigenvalue weighted by atomic mass is 10.1. The number of thiazole rings is 1.